The van der Waals surface area contributed by atoms with Crippen LogP contribution in [0.3, 0.4) is 0 Å². The van der Waals surface area contributed by atoms with Crippen molar-refractivity contribution in [1.29, 1.82) is 0 Å². The summed E-state index contributed by atoms with van der Waals surface area (Å²) >= 11 is 0. The van der Waals surface area contributed by atoms with Crippen molar-refractivity contribution >= 4 is 54.5 Å². The van der Waals surface area contributed by atoms with Crippen molar-refractivity contribution in [3.05, 3.63) is 205 Å². The Kier molecular flexibility index (Phi) is 11.9. The molecule has 0 saturated carbocycles. The summed E-state index contributed by atoms with van der Waals surface area (Å²) < 4.78 is 9.42. The van der Waals surface area contributed by atoms with Crippen LogP contribution < -0.4 is 0 Å². The van der Waals surface area contributed by atoms with E-state index in [1.165, 1.54) is 16.3 Å². The minimum Gasteiger partial charge on any atom is -0.507 e. The minimum atomic E-state index is -0.364. The molecule has 5 nitrogen and oxygen atoms in total. The predicted molar refractivity (Wildman–Crippen MR) is 305 cm³/mol. The molecule has 0 bridgehead atoms. The maximum atomic E-state index is 12.7. The zero-order valence-corrected chi connectivity index (χ0v) is 45.6. The monoisotopic (exact) mass is 1140 g/mol. The summed E-state index contributed by atoms with van der Waals surface area (Å²) in [6.45, 7) is 19.9. The first kappa shape index (κ1) is 48.7. The second-order valence-electron chi connectivity index (χ2n) is 22.8. The molecule has 0 aliphatic carbocycles. The molecule has 0 saturated heterocycles. The number of rotatable bonds is 6. The Morgan fingerprint density at radius 1 is 0.514 bits per heavy atom. The smallest absolute Gasteiger partial charge is 0.148 e. The third-order valence-electron chi connectivity index (χ3n) is 14.7. The first-order chi connectivity index (χ1) is 35.0. The third kappa shape index (κ3) is 8.42. The number of nitrogens with zero attached hydrogens (tertiary/aromatic N) is 3. The van der Waals surface area contributed by atoms with E-state index >= 15 is 0 Å². The molecule has 0 fully saturated rings. The molecular formula is C68H58N3O2Pt-. The van der Waals surface area contributed by atoms with Crippen LogP contribution in [0.1, 0.15) is 79.0 Å². The summed E-state index contributed by atoms with van der Waals surface area (Å²) in [5.74, 6) is 0.868. The van der Waals surface area contributed by atoms with Crippen LogP contribution in [0.2, 0.25) is 0 Å². The van der Waals surface area contributed by atoms with Crippen molar-refractivity contribution in [2.24, 2.45) is 0 Å². The maximum absolute atomic E-state index is 12.7. The van der Waals surface area contributed by atoms with Crippen LogP contribution in [0.4, 0.5) is 0 Å². The number of imidazole rings is 1. The summed E-state index contributed by atoms with van der Waals surface area (Å²) in [7, 11) is 0. The second-order valence-corrected chi connectivity index (χ2v) is 22.8. The molecule has 12 rings (SSSR count). The summed E-state index contributed by atoms with van der Waals surface area (Å²) in [4.78, 5) is 10.8. The van der Waals surface area contributed by atoms with E-state index in [4.69, 9.17) is 14.4 Å². The van der Waals surface area contributed by atoms with Crippen molar-refractivity contribution in [3.8, 4) is 67.5 Å². The molecule has 0 spiro atoms. The molecule has 0 aliphatic rings. The van der Waals surface area contributed by atoms with Gasteiger partial charge in [-0.1, -0.05) is 206 Å². The second kappa shape index (κ2) is 18.1. The summed E-state index contributed by atoms with van der Waals surface area (Å²) in [6.07, 6.45) is 1.88. The van der Waals surface area contributed by atoms with E-state index in [1.807, 2.05) is 12.3 Å². The number of hydrogen-bond acceptors (Lipinski definition) is 4. The van der Waals surface area contributed by atoms with Gasteiger partial charge in [0, 0.05) is 49.5 Å². The summed E-state index contributed by atoms with van der Waals surface area (Å²) in [6, 6.07) is 66.3. The van der Waals surface area contributed by atoms with E-state index in [1.54, 1.807) is 0 Å². The Labute approximate surface area is 447 Å². The maximum Gasteiger partial charge on any atom is 0.148 e. The third-order valence-corrected chi connectivity index (χ3v) is 14.7. The Morgan fingerprint density at radius 3 is 1.93 bits per heavy atom. The zero-order valence-electron chi connectivity index (χ0n) is 43.3. The molecule has 368 valence electrons. The van der Waals surface area contributed by atoms with Gasteiger partial charge >= 0.3 is 0 Å². The van der Waals surface area contributed by atoms with Gasteiger partial charge in [-0.05, 0) is 113 Å². The van der Waals surface area contributed by atoms with Crippen molar-refractivity contribution in [3.63, 3.8) is 0 Å². The number of phenolic OH excluding ortho intramolecular Hbond substituents is 1. The normalized spacial score (nSPS) is 12.3. The van der Waals surface area contributed by atoms with Gasteiger partial charge in [-0.2, -0.15) is 0 Å². The van der Waals surface area contributed by atoms with Gasteiger partial charge in [-0.25, -0.2) is 4.98 Å². The van der Waals surface area contributed by atoms with Gasteiger partial charge in [0.05, 0.1) is 27.9 Å². The fraction of sp³-hybridized carbons (Fsp3) is 0.176. The molecule has 6 heteroatoms. The molecule has 1 N–H and O–H groups in total. The van der Waals surface area contributed by atoms with E-state index in [2.05, 4.69) is 243 Å². The number of aromatic hydroxyl groups is 1. The molecule has 0 unspecified atom stereocenters. The van der Waals surface area contributed by atoms with Gasteiger partial charge in [0.15, 0.2) is 0 Å². The van der Waals surface area contributed by atoms with Crippen molar-refractivity contribution in [2.75, 3.05) is 0 Å². The molecule has 3 heterocycles. The Morgan fingerprint density at radius 2 is 1.20 bits per heavy atom. The number of benzene rings is 9. The van der Waals surface area contributed by atoms with E-state index in [9.17, 15) is 5.11 Å². The van der Waals surface area contributed by atoms with E-state index in [0.29, 0.717) is 17.0 Å². The largest absolute Gasteiger partial charge is 0.507 e. The van der Waals surface area contributed by atoms with E-state index in [0.717, 1.165) is 99.6 Å². The Balaban J connectivity index is 0.00000588. The average Bonchev–Trinajstić information content (AvgIpc) is 3.97. The molecule has 3 aromatic heterocycles. The van der Waals surface area contributed by atoms with Gasteiger partial charge in [0.2, 0.25) is 0 Å². The quantitative estimate of drug-likeness (QED) is 0.133. The average molecular weight is 1140 g/mol. The van der Waals surface area contributed by atoms with Crippen LogP contribution in [0.25, 0.3) is 116 Å². The van der Waals surface area contributed by atoms with Crippen molar-refractivity contribution < 1.29 is 30.6 Å². The molecule has 0 atom stereocenters. The minimum absolute atomic E-state index is 0. The number of hydrogen-bond donors (Lipinski definition) is 1. The topological polar surface area (TPSA) is 64.1 Å². The first-order valence-electron chi connectivity index (χ1n) is 25.4. The van der Waals surface area contributed by atoms with Crippen LogP contribution in [-0.2, 0) is 37.3 Å². The number of para-hydroxylation sites is 1. The van der Waals surface area contributed by atoms with Crippen LogP contribution in [0.5, 0.6) is 5.75 Å². The fourth-order valence-corrected chi connectivity index (χ4v) is 10.6. The molecular weight excluding hydrogens is 1090 g/mol. The summed E-state index contributed by atoms with van der Waals surface area (Å²) in [5.41, 5.74) is 14.9. The molecule has 9 aromatic carbocycles. The molecule has 0 aliphatic heterocycles. The molecule has 0 amide bonds. The first-order valence-corrected chi connectivity index (χ1v) is 25.4. The van der Waals surface area contributed by atoms with Crippen LogP contribution in [0.15, 0.2) is 187 Å². The van der Waals surface area contributed by atoms with E-state index in [-0.39, 0.29) is 43.1 Å². The number of aromatic nitrogens is 3. The molecule has 0 radical (unpaired) electrons. The molecule has 74 heavy (non-hydrogen) atoms. The van der Waals surface area contributed by atoms with Gasteiger partial charge in [0.25, 0.3) is 0 Å². The number of pyridine rings is 1. The summed E-state index contributed by atoms with van der Waals surface area (Å²) in [5, 5.41) is 19.4. The molecule has 12 aromatic rings. The van der Waals surface area contributed by atoms with Crippen molar-refractivity contribution in [1.82, 2.24) is 14.5 Å². The van der Waals surface area contributed by atoms with Crippen LogP contribution in [0, 0.1) is 6.07 Å². The van der Waals surface area contributed by atoms with Crippen molar-refractivity contribution in [2.45, 2.75) is 78.6 Å². The van der Waals surface area contributed by atoms with Gasteiger partial charge in [-0.15, -0.1) is 12.1 Å². The van der Waals surface area contributed by atoms with E-state index < -0.39 is 0 Å². The number of furan rings is 1. The van der Waals surface area contributed by atoms with Crippen LogP contribution in [-0.4, -0.2) is 19.6 Å². The SMILES string of the molecule is CC(C)(C)c1ccc(-n2c(-c3cc(C(C)(C)C)cc(C(C)(C)C)c3O)nc3c(-c4[c-]c(-c5cc(-c6ccccc6)ccn5)cc5c4oc4cc6c(ccc7ccccc76)cc45)cccc32)c(-c2ccccc2)c1.[Pt]. The zero-order chi connectivity index (χ0) is 50.6. The number of phenols is 1. The van der Waals surface area contributed by atoms with Crippen LogP contribution >= 0.6 is 0 Å². The van der Waals surface area contributed by atoms with Gasteiger partial charge < -0.3 is 9.52 Å². The fourth-order valence-electron chi connectivity index (χ4n) is 10.6. The predicted octanol–water partition coefficient (Wildman–Crippen LogP) is 18.4. The number of fused-ring (bicyclic) bond motifs is 7. The standard InChI is InChI=1S/C68H58N3O2.Pt/c1-66(2,3)47-29-30-59(52(37-47)42-21-14-11-15-22-42)71-60-26-18-25-50(62(60)70-65(71)56-38-48(67(4,5)6)39-57(63(56)72)68(7,8)9)54-34-46(58-36-44(31-32-69-58)41-19-12-10-13-20-41)35-55-53-33-45-28-27-43-23-16-17-24-49(43)51(45)40-61(53)73-64(54)55;/h10-33,35-40,72H,1-9H3;/q-1;. The van der Waals surface area contributed by atoms with Gasteiger partial charge in [-0.3, -0.25) is 9.55 Å². The Bertz CT molecular complexity index is 4150. The van der Waals surface area contributed by atoms with Gasteiger partial charge in [0.1, 0.15) is 17.2 Å². The Hall–Kier alpha value is -7.59.